The summed E-state index contributed by atoms with van der Waals surface area (Å²) in [5.74, 6) is 0. The number of hydrogen-bond acceptors (Lipinski definition) is 2. The quantitative estimate of drug-likeness (QED) is 0.0951. The van der Waals surface area contributed by atoms with Gasteiger partial charge in [-0.2, -0.15) is 0 Å². The van der Waals surface area contributed by atoms with E-state index in [1.165, 1.54) is 22.3 Å². The summed E-state index contributed by atoms with van der Waals surface area (Å²) in [6.07, 6.45) is 2.55. The number of anilines is 6. The molecule has 0 saturated heterocycles. The Morgan fingerprint density at radius 2 is 0.579 bits per heavy atom. The summed E-state index contributed by atoms with van der Waals surface area (Å²) in [7, 11) is 0. The minimum Gasteiger partial charge on any atom is -0.310 e. The van der Waals surface area contributed by atoms with Crippen LogP contribution in [0.2, 0.25) is 0 Å². The first kappa shape index (κ1) is 75.3. The van der Waals surface area contributed by atoms with Crippen LogP contribution in [-0.4, -0.2) is 15.8 Å². The van der Waals surface area contributed by atoms with Gasteiger partial charge in [0.05, 0.1) is 44.4 Å². The molecule has 2 aliphatic heterocycles. The molecular weight excluding hydrogens is 1520 g/mol. The average molecular weight is 1670 g/mol. The fourth-order valence-corrected chi connectivity index (χ4v) is 20.2. The molecule has 644 valence electrons. The van der Waals surface area contributed by atoms with Gasteiger partial charge in [0.1, 0.15) is 0 Å². The Morgan fingerprint density at radius 1 is 0.270 bits per heavy atom. The first-order chi connectivity index (χ1) is 63.1. The number of aromatic nitrogens is 2. The summed E-state index contributed by atoms with van der Waals surface area (Å²) in [6, 6.07) is 75.0. The molecule has 0 aliphatic carbocycles. The van der Waals surface area contributed by atoms with Gasteiger partial charge in [-0.25, -0.2) is 0 Å². The molecule has 0 fully saturated rings. The van der Waals surface area contributed by atoms with Crippen molar-refractivity contribution in [3.63, 3.8) is 0 Å². The van der Waals surface area contributed by atoms with E-state index in [4.69, 9.17) is 0 Å². The van der Waals surface area contributed by atoms with Crippen LogP contribution in [-0.2, 0) is 55.7 Å². The van der Waals surface area contributed by atoms with Crippen LogP contribution in [0.3, 0.4) is 0 Å². The highest BCUT2D eigenvalue weighted by molar-refractivity contribution is 7.00. The zero-order valence-corrected chi connectivity index (χ0v) is 80.2. The van der Waals surface area contributed by atoms with Crippen LogP contribution in [0.4, 0.5) is 34.1 Å². The van der Waals surface area contributed by atoms with Gasteiger partial charge in [-0.1, -0.05) is 345 Å². The van der Waals surface area contributed by atoms with E-state index in [1.807, 2.05) is 20.8 Å². The van der Waals surface area contributed by atoms with Crippen LogP contribution >= 0.6 is 0 Å². The Hall–Kier alpha value is -10.9. The fraction of sp³-hybridized carbons (Fsp3) is 0.355. The first-order valence-electron chi connectivity index (χ1n) is 51.0. The number of nitrogens with zero attached hydrogens (tertiary/aromatic N) is 4. The smallest absolute Gasteiger partial charge is 0.252 e. The van der Waals surface area contributed by atoms with Crippen molar-refractivity contribution in [2.75, 3.05) is 9.80 Å². The molecule has 126 heavy (non-hydrogen) atoms. The normalized spacial score (nSPS) is 14.9. The van der Waals surface area contributed by atoms with E-state index < -0.39 is 18.5 Å². The molecule has 2 aliphatic rings. The SMILES string of the molecule is [2H]c1c([2H])c([2H])c2c(c1[2H])c1cc(C(C)(C)C)ccc1n2-c1ccc2c(c1)N(c1c(-c3cccc(CC(C)(C)C)c3)cc(CC(C)(C)C)cc1-c1cccc(CC(C)(C)C)c1)c1cc(C([2H])([2H])C(C)(C)C)cc3c1B2c1ccc(-n2c4ccc(C(C)(C)C)cc4c4c([2H])c([2H])c([2H])c([2H])c42)cc1N3c1c(-c2cccc(CC(C)(C)C)c2)cc(CC(C)(C)C)cc1-c1cccc(CC(C)(C)C)c1. The minimum atomic E-state index is -2.10. The second-order valence-electron chi connectivity index (χ2n) is 47.3. The maximum Gasteiger partial charge on any atom is 0.252 e. The molecule has 0 amide bonds. The third kappa shape index (κ3) is 17.9. The summed E-state index contributed by atoms with van der Waals surface area (Å²) >= 11 is 0. The predicted molar refractivity (Wildman–Crippen MR) is 550 cm³/mol. The standard InChI is InChI=1S/C121H137BN4/c1-113(2,3)70-77-36-32-40-84(56-77)94-60-81(74-117(13,14)15)61-95(85-41-33-37-78(57-85)71-114(4,5)6)111(94)125-106-68-90(123-102-46-30-28-44-92(102)98-66-88(120(22,23)24)48-54-104(98)123)50-52-100(106)122-101-53-51-91(124-103-47-31-29-45-93(103)99-67-89(121(25,26)27)49-55-105(99)124)69-107(101)126(109-65-83(76-119(19,20)21)64-108(125)110(109)122)112-96(86-42-34-38-79(58-86)72-115(7,8)9)62-82(75-118(16,17)18)63-97(112)87-43-35-39-80(59-87)73-116(10,11)12/h28-69H,70-76H2,1-27H3/i28D,29D,30D,31D,44D,45D,46D,47D,76D2. The van der Waals surface area contributed by atoms with Gasteiger partial charge in [-0.05, 0) is 279 Å². The molecule has 0 atom stereocenters. The molecule has 13 aromatic carbocycles. The third-order valence-corrected chi connectivity index (χ3v) is 24.7. The Bertz CT molecular complexity index is 6800. The lowest BCUT2D eigenvalue weighted by Crippen LogP contribution is -2.61. The van der Waals surface area contributed by atoms with Crippen molar-refractivity contribution in [2.24, 2.45) is 37.9 Å². The van der Waals surface area contributed by atoms with E-state index in [1.54, 1.807) is 0 Å². The Balaban J connectivity index is 1.14. The van der Waals surface area contributed by atoms with Crippen molar-refractivity contribution in [1.29, 1.82) is 0 Å². The second kappa shape index (κ2) is 31.6. The van der Waals surface area contributed by atoms with Crippen molar-refractivity contribution in [3.8, 4) is 55.9 Å². The molecule has 5 heteroatoms. The highest BCUT2D eigenvalue weighted by Gasteiger charge is 2.47. The van der Waals surface area contributed by atoms with E-state index >= 15 is 0 Å². The molecule has 0 spiro atoms. The minimum absolute atomic E-state index is 0.0891. The zero-order valence-electron chi connectivity index (χ0n) is 90.2. The molecule has 0 N–H and O–H groups in total. The highest BCUT2D eigenvalue weighted by atomic mass is 15.2. The lowest BCUT2D eigenvalue weighted by atomic mass is 9.33. The van der Waals surface area contributed by atoms with E-state index in [-0.39, 0.29) is 91.7 Å². The lowest BCUT2D eigenvalue weighted by Gasteiger charge is -2.46. The van der Waals surface area contributed by atoms with Gasteiger partial charge in [0.2, 0.25) is 0 Å². The maximum absolute atomic E-state index is 11.3. The van der Waals surface area contributed by atoms with Gasteiger partial charge in [0.25, 0.3) is 6.71 Å². The number of fused-ring (bicyclic) bond motifs is 10. The number of rotatable bonds is 15. The maximum atomic E-state index is 11.3. The second-order valence-corrected chi connectivity index (χ2v) is 47.3. The zero-order chi connectivity index (χ0) is 98.6. The molecule has 0 saturated carbocycles. The molecule has 0 unspecified atom stereocenters. The first-order valence-corrected chi connectivity index (χ1v) is 46.0. The summed E-state index contributed by atoms with van der Waals surface area (Å²) in [5, 5.41) is 2.25. The van der Waals surface area contributed by atoms with Crippen LogP contribution in [0.5, 0.6) is 0 Å². The Labute approximate surface area is 770 Å². The molecule has 2 aromatic heterocycles. The van der Waals surface area contributed by atoms with Gasteiger partial charge in [0.15, 0.2) is 0 Å². The number of benzene rings is 13. The summed E-state index contributed by atoms with van der Waals surface area (Å²) in [4.78, 5) is 5.01. The van der Waals surface area contributed by atoms with Crippen LogP contribution in [0.25, 0.3) is 99.5 Å². The van der Waals surface area contributed by atoms with Crippen LogP contribution in [0.1, 0.15) is 251 Å². The molecule has 4 nitrogen and oxygen atoms in total. The summed E-state index contributed by atoms with van der Waals surface area (Å²) in [5.41, 5.74) is 26.0. The average Bonchev–Trinajstić information content (AvgIpc) is 0.735. The topological polar surface area (TPSA) is 16.3 Å². The monoisotopic (exact) mass is 1670 g/mol. The molecule has 15 aromatic rings. The van der Waals surface area contributed by atoms with Gasteiger partial charge < -0.3 is 18.9 Å². The lowest BCUT2D eigenvalue weighted by molar-refractivity contribution is 0.410. The Kier molecular flexibility index (Phi) is 18.9. The fourth-order valence-electron chi connectivity index (χ4n) is 20.2. The van der Waals surface area contributed by atoms with E-state index in [9.17, 15) is 13.7 Å². The van der Waals surface area contributed by atoms with Crippen LogP contribution < -0.4 is 26.2 Å². The van der Waals surface area contributed by atoms with Crippen molar-refractivity contribution in [1.82, 2.24) is 9.13 Å². The third-order valence-electron chi connectivity index (χ3n) is 24.7. The highest BCUT2D eigenvalue weighted by Crippen LogP contribution is 2.56. The predicted octanol–water partition coefficient (Wildman–Crippen LogP) is 32.3. The number of para-hydroxylation sites is 2. The van der Waals surface area contributed by atoms with Gasteiger partial charge in [-0.15, -0.1) is 0 Å². The summed E-state index contributed by atoms with van der Waals surface area (Å²) in [6.45, 7) is 59.9. The van der Waals surface area contributed by atoms with E-state index in [0.29, 0.717) is 60.5 Å². The van der Waals surface area contributed by atoms with Gasteiger partial charge in [0, 0.05) is 80.7 Å². The molecule has 4 heterocycles. The largest absolute Gasteiger partial charge is 0.310 e. The van der Waals surface area contributed by atoms with Crippen LogP contribution in [0, 0.1) is 37.9 Å². The van der Waals surface area contributed by atoms with Crippen LogP contribution in [0.15, 0.2) is 255 Å². The van der Waals surface area contributed by atoms with Crippen molar-refractivity contribution >= 4 is 101 Å². The number of hydrogen-bond donors (Lipinski definition) is 0. The molecule has 0 radical (unpaired) electrons. The van der Waals surface area contributed by atoms with Crippen molar-refractivity contribution < 1.29 is 13.7 Å². The molecule has 17 rings (SSSR count). The van der Waals surface area contributed by atoms with E-state index in [2.05, 4.69) is 391 Å². The van der Waals surface area contributed by atoms with Crippen molar-refractivity contribution in [3.05, 3.63) is 305 Å². The summed E-state index contributed by atoms with van der Waals surface area (Å²) < 4.78 is 105. The molecular formula is C121H137BN4. The molecule has 0 bridgehead atoms. The van der Waals surface area contributed by atoms with Gasteiger partial charge >= 0.3 is 0 Å². The Morgan fingerprint density at radius 3 is 0.881 bits per heavy atom. The van der Waals surface area contributed by atoms with E-state index in [0.717, 1.165) is 156 Å². The van der Waals surface area contributed by atoms with Gasteiger partial charge in [-0.3, -0.25) is 0 Å². The van der Waals surface area contributed by atoms with Crippen molar-refractivity contribution in [2.45, 2.75) is 243 Å².